The maximum absolute atomic E-state index is 11.7. The molecule has 4 rings (SSSR count). The smallest absolute Gasteiger partial charge is 0.232 e. The average Bonchev–Trinajstić information content (AvgIpc) is 3.35. The first-order valence-electron chi connectivity index (χ1n) is 9.44. The lowest BCUT2D eigenvalue weighted by Crippen LogP contribution is -2.11. The molecule has 0 aliphatic heterocycles. The van der Waals surface area contributed by atoms with E-state index in [1.807, 2.05) is 26.8 Å². The van der Waals surface area contributed by atoms with E-state index >= 15 is 0 Å². The van der Waals surface area contributed by atoms with E-state index in [0.29, 0.717) is 34.8 Å². The van der Waals surface area contributed by atoms with Crippen molar-refractivity contribution in [3.63, 3.8) is 0 Å². The quantitative estimate of drug-likeness (QED) is 0.607. The van der Waals surface area contributed by atoms with Crippen molar-refractivity contribution < 1.29 is 17.7 Å². The number of ether oxygens (including phenoxy) is 1. The minimum absolute atomic E-state index is 0.250. The van der Waals surface area contributed by atoms with Crippen LogP contribution >= 0.6 is 0 Å². The molecule has 152 valence electrons. The van der Waals surface area contributed by atoms with Gasteiger partial charge in [-0.25, -0.2) is 8.42 Å². The van der Waals surface area contributed by atoms with Crippen LogP contribution in [0.25, 0.3) is 11.5 Å². The van der Waals surface area contributed by atoms with Gasteiger partial charge in [0.05, 0.1) is 4.90 Å². The molecule has 8 heteroatoms. The number of rotatable bonds is 5. The fraction of sp³-hybridized carbons (Fsp3) is 0.381. The zero-order valence-electron chi connectivity index (χ0n) is 16.8. The second kappa shape index (κ2) is 6.95. The Labute approximate surface area is 170 Å². The van der Waals surface area contributed by atoms with Gasteiger partial charge in [-0.15, -0.1) is 0 Å². The molecule has 0 amide bonds. The topological polar surface area (TPSA) is 95.2 Å². The van der Waals surface area contributed by atoms with Crippen molar-refractivity contribution in [3.05, 3.63) is 48.0 Å². The van der Waals surface area contributed by atoms with Crippen molar-refractivity contribution in [3.8, 4) is 23.0 Å². The van der Waals surface area contributed by atoms with Crippen LogP contribution in [0.2, 0.25) is 0 Å². The van der Waals surface area contributed by atoms with Gasteiger partial charge in [0, 0.05) is 29.5 Å². The van der Waals surface area contributed by atoms with Crippen molar-refractivity contribution in [1.29, 1.82) is 0 Å². The van der Waals surface area contributed by atoms with Gasteiger partial charge in [-0.3, -0.25) is 4.98 Å². The van der Waals surface area contributed by atoms with Crippen LogP contribution in [-0.2, 0) is 15.3 Å². The third-order valence-corrected chi connectivity index (χ3v) is 5.82. The zero-order chi connectivity index (χ0) is 20.8. The summed E-state index contributed by atoms with van der Waals surface area (Å²) < 4.78 is 34.8. The van der Waals surface area contributed by atoms with Gasteiger partial charge in [-0.1, -0.05) is 25.9 Å². The maximum Gasteiger partial charge on any atom is 0.232 e. The SMILES string of the molecule is CC(C)(C)c1nc(-c2cc(Oc3ccc(S(C)(=O)=O)cc3)c(C3CC3)cn2)no1. The summed E-state index contributed by atoms with van der Waals surface area (Å²) in [4.78, 5) is 9.23. The van der Waals surface area contributed by atoms with Crippen LogP contribution < -0.4 is 4.74 Å². The highest BCUT2D eigenvalue weighted by Crippen LogP contribution is 2.45. The molecular weight excluding hydrogens is 390 g/mol. The highest BCUT2D eigenvalue weighted by atomic mass is 32.2. The molecular formula is C21H23N3O4S. The fourth-order valence-electron chi connectivity index (χ4n) is 2.87. The van der Waals surface area contributed by atoms with Crippen molar-refractivity contribution in [2.75, 3.05) is 6.26 Å². The van der Waals surface area contributed by atoms with E-state index in [-0.39, 0.29) is 10.3 Å². The Bertz CT molecular complexity index is 1140. The Morgan fingerprint density at radius 1 is 1.14 bits per heavy atom. The summed E-state index contributed by atoms with van der Waals surface area (Å²) in [7, 11) is -3.25. The number of pyridine rings is 1. The molecule has 1 saturated carbocycles. The summed E-state index contributed by atoms with van der Waals surface area (Å²) in [5.74, 6) is 2.61. The van der Waals surface area contributed by atoms with Crippen molar-refractivity contribution in [2.24, 2.45) is 0 Å². The van der Waals surface area contributed by atoms with E-state index in [4.69, 9.17) is 9.26 Å². The number of hydrogen-bond donors (Lipinski definition) is 0. The molecule has 3 aromatic rings. The summed E-state index contributed by atoms with van der Waals surface area (Å²) in [6.45, 7) is 6.01. The predicted molar refractivity (Wildman–Crippen MR) is 108 cm³/mol. The molecule has 7 nitrogen and oxygen atoms in total. The van der Waals surface area contributed by atoms with Crippen molar-refractivity contribution in [1.82, 2.24) is 15.1 Å². The Morgan fingerprint density at radius 3 is 2.38 bits per heavy atom. The Morgan fingerprint density at radius 2 is 1.83 bits per heavy atom. The lowest BCUT2D eigenvalue weighted by molar-refractivity contribution is 0.321. The summed E-state index contributed by atoms with van der Waals surface area (Å²) in [6.07, 6.45) is 5.18. The van der Waals surface area contributed by atoms with E-state index in [1.165, 1.54) is 6.26 Å². The van der Waals surface area contributed by atoms with Crippen LogP contribution in [0, 0.1) is 0 Å². The first-order chi connectivity index (χ1) is 13.6. The van der Waals surface area contributed by atoms with Crippen LogP contribution in [0.5, 0.6) is 11.5 Å². The van der Waals surface area contributed by atoms with Crippen LogP contribution in [0.15, 0.2) is 45.9 Å². The van der Waals surface area contributed by atoms with Gasteiger partial charge in [0.1, 0.15) is 17.2 Å². The Balaban J connectivity index is 1.66. The minimum atomic E-state index is -3.25. The first kappa shape index (κ1) is 19.6. The highest BCUT2D eigenvalue weighted by Gasteiger charge is 2.29. The second-order valence-electron chi connectivity index (χ2n) is 8.40. The van der Waals surface area contributed by atoms with Gasteiger partial charge in [0.15, 0.2) is 9.84 Å². The van der Waals surface area contributed by atoms with E-state index in [2.05, 4.69) is 15.1 Å². The number of aromatic nitrogens is 3. The number of nitrogens with zero attached hydrogens (tertiary/aromatic N) is 3. The Kier molecular flexibility index (Phi) is 4.69. The molecule has 2 aromatic heterocycles. The molecule has 0 saturated heterocycles. The van der Waals surface area contributed by atoms with Gasteiger partial charge < -0.3 is 9.26 Å². The molecule has 29 heavy (non-hydrogen) atoms. The molecule has 1 aliphatic carbocycles. The van der Waals surface area contributed by atoms with Crippen LogP contribution in [0.4, 0.5) is 0 Å². The lowest BCUT2D eigenvalue weighted by Gasteiger charge is -2.12. The number of hydrogen-bond acceptors (Lipinski definition) is 7. The standard InChI is InChI=1S/C21H23N3O4S/c1-21(2,3)20-23-19(24-28-20)17-11-18(16(12-22-17)13-5-6-13)27-14-7-9-15(10-8-14)29(4,25)26/h7-13H,5-6H2,1-4H3. The first-order valence-corrected chi connectivity index (χ1v) is 11.3. The lowest BCUT2D eigenvalue weighted by atomic mass is 9.97. The highest BCUT2D eigenvalue weighted by molar-refractivity contribution is 7.90. The van der Waals surface area contributed by atoms with E-state index < -0.39 is 9.84 Å². The molecule has 0 spiro atoms. The van der Waals surface area contributed by atoms with Crippen LogP contribution in [0.1, 0.15) is 51.0 Å². The minimum Gasteiger partial charge on any atom is -0.457 e. The molecule has 0 atom stereocenters. The molecule has 0 unspecified atom stereocenters. The van der Waals surface area contributed by atoms with Gasteiger partial charge in [-0.05, 0) is 43.0 Å². The average molecular weight is 413 g/mol. The van der Waals surface area contributed by atoms with E-state index in [0.717, 1.165) is 18.4 Å². The van der Waals surface area contributed by atoms with Gasteiger partial charge in [-0.2, -0.15) is 4.98 Å². The molecule has 0 N–H and O–H groups in total. The largest absolute Gasteiger partial charge is 0.457 e. The van der Waals surface area contributed by atoms with Gasteiger partial charge >= 0.3 is 0 Å². The maximum atomic E-state index is 11.7. The van der Waals surface area contributed by atoms with Gasteiger partial charge in [0.2, 0.25) is 11.7 Å². The monoisotopic (exact) mass is 413 g/mol. The molecule has 0 bridgehead atoms. The molecule has 2 heterocycles. The van der Waals surface area contributed by atoms with Crippen molar-refractivity contribution in [2.45, 2.75) is 49.8 Å². The summed E-state index contributed by atoms with van der Waals surface area (Å²) in [5, 5.41) is 4.06. The number of sulfone groups is 1. The summed E-state index contributed by atoms with van der Waals surface area (Å²) in [5.41, 5.74) is 1.34. The number of benzene rings is 1. The molecule has 1 fully saturated rings. The predicted octanol–water partition coefficient (Wildman–Crippen LogP) is 4.50. The van der Waals surface area contributed by atoms with E-state index in [9.17, 15) is 8.42 Å². The second-order valence-corrected chi connectivity index (χ2v) is 10.4. The third-order valence-electron chi connectivity index (χ3n) is 4.69. The molecule has 1 aromatic carbocycles. The van der Waals surface area contributed by atoms with Gasteiger partial charge in [0.25, 0.3) is 0 Å². The molecule has 0 radical (unpaired) electrons. The normalized spacial score (nSPS) is 14.8. The van der Waals surface area contributed by atoms with Crippen LogP contribution in [-0.4, -0.2) is 29.8 Å². The van der Waals surface area contributed by atoms with Crippen molar-refractivity contribution >= 4 is 9.84 Å². The van der Waals surface area contributed by atoms with E-state index in [1.54, 1.807) is 30.5 Å². The Hall–Kier alpha value is -2.74. The molecule has 1 aliphatic rings. The fourth-order valence-corrected chi connectivity index (χ4v) is 3.50. The van der Waals surface area contributed by atoms with Crippen LogP contribution in [0.3, 0.4) is 0 Å². The summed E-state index contributed by atoms with van der Waals surface area (Å²) in [6, 6.07) is 8.20. The third kappa shape index (κ3) is 4.32. The summed E-state index contributed by atoms with van der Waals surface area (Å²) >= 11 is 0. The zero-order valence-corrected chi connectivity index (χ0v) is 17.7.